The number of benzene rings is 2. The highest BCUT2D eigenvalue weighted by Crippen LogP contribution is 2.24. The van der Waals surface area contributed by atoms with E-state index < -0.39 is 11.7 Å². The van der Waals surface area contributed by atoms with Crippen molar-refractivity contribution in [2.45, 2.75) is 44.9 Å². The van der Waals surface area contributed by atoms with Gasteiger partial charge in [0.05, 0.1) is 5.56 Å². The quantitative estimate of drug-likeness (QED) is 0.508. The first kappa shape index (κ1) is 17.5. The largest absolute Gasteiger partial charge is 0.360 e. The van der Waals surface area contributed by atoms with E-state index in [1.807, 2.05) is 36.4 Å². The molecule has 4 rings (SSSR count). The van der Waals surface area contributed by atoms with Gasteiger partial charge in [-0.25, -0.2) is 0 Å². The second-order valence-electron chi connectivity index (χ2n) is 7.28. The van der Waals surface area contributed by atoms with Crippen molar-refractivity contribution in [2.24, 2.45) is 0 Å². The summed E-state index contributed by atoms with van der Waals surface area (Å²) in [5.41, 5.74) is 4.63. The van der Waals surface area contributed by atoms with Gasteiger partial charge in [-0.3, -0.25) is 9.59 Å². The molecule has 1 heterocycles. The fourth-order valence-electron chi connectivity index (χ4n) is 3.91. The molecule has 1 aliphatic rings. The molecule has 0 spiro atoms. The molecule has 3 aromatic rings. The number of aromatic nitrogens is 1. The van der Waals surface area contributed by atoms with E-state index in [0.717, 1.165) is 23.7 Å². The summed E-state index contributed by atoms with van der Waals surface area (Å²) in [6.45, 7) is 0. The third-order valence-corrected chi connectivity index (χ3v) is 5.40. The van der Waals surface area contributed by atoms with Crippen LogP contribution in [0, 0.1) is 0 Å². The zero-order valence-electron chi connectivity index (χ0n) is 15.4. The van der Waals surface area contributed by atoms with Crippen LogP contribution < -0.4 is 5.32 Å². The van der Waals surface area contributed by atoms with Crippen molar-refractivity contribution < 1.29 is 9.59 Å². The molecule has 27 heavy (non-hydrogen) atoms. The summed E-state index contributed by atoms with van der Waals surface area (Å²) in [6.07, 6.45) is 9.99. The summed E-state index contributed by atoms with van der Waals surface area (Å²) < 4.78 is 0. The molecule has 1 amide bonds. The Morgan fingerprint density at radius 3 is 2.44 bits per heavy atom. The number of hydrogen-bond donors (Lipinski definition) is 2. The molecular formula is C23H24N2O2. The van der Waals surface area contributed by atoms with Gasteiger partial charge in [0.2, 0.25) is 0 Å². The van der Waals surface area contributed by atoms with Crippen molar-refractivity contribution >= 4 is 28.3 Å². The van der Waals surface area contributed by atoms with Gasteiger partial charge >= 0.3 is 0 Å². The number of carbonyl (C=O) groups excluding carboxylic acids is 2. The zero-order valence-corrected chi connectivity index (χ0v) is 15.4. The van der Waals surface area contributed by atoms with Crippen molar-refractivity contribution in [2.75, 3.05) is 5.32 Å². The van der Waals surface area contributed by atoms with Crippen molar-refractivity contribution in [1.29, 1.82) is 0 Å². The predicted molar refractivity (Wildman–Crippen MR) is 108 cm³/mol. The number of rotatable bonds is 3. The molecule has 138 valence electrons. The first-order chi connectivity index (χ1) is 13.2. The number of H-pyrrole nitrogens is 1. The number of aromatic amines is 1. The number of amides is 1. The van der Waals surface area contributed by atoms with Gasteiger partial charge in [-0.1, -0.05) is 43.5 Å². The van der Waals surface area contributed by atoms with Crippen molar-refractivity contribution in [1.82, 2.24) is 4.98 Å². The molecule has 1 aromatic heterocycles. The van der Waals surface area contributed by atoms with Gasteiger partial charge in [0.1, 0.15) is 0 Å². The Hall–Kier alpha value is -2.88. The van der Waals surface area contributed by atoms with Gasteiger partial charge in [-0.05, 0) is 55.0 Å². The Balaban J connectivity index is 1.53. The Morgan fingerprint density at radius 1 is 0.852 bits per heavy atom. The molecule has 2 N–H and O–H groups in total. The number of carbonyl (C=O) groups is 2. The summed E-state index contributed by atoms with van der Waals surface area (Å²) in [6, 6.07) is 13.6. The third kappa shape index (κ3) is 3.80. The van der Waals surface area contributed by atoms with Gasteiger partial charge in [0.25, 0.3) is 11.7 Å². The monoisotopic (exact) mass is 360 g/mol. The molecular weight excluding hydrogens is 336 g/mol. The van der Waals surface area contributed by atoms with Crippen LogP contribution in [0.4, 0.5) is 5.69 Å². The van der Waals surface area contributed by atoms with E-state index in [1.54, 1.807) is 6.20 Å². The average Bonchev–Trinajstić information content (AvgIpc) is 3.15. The standard InChI is InChI=1S/C23H24N2O2/c26-22(20-15-24-21-11-7-6-10-19(20)21)23(27)25-18-13-12-16-8-4-2-1-3-5-9-17(16)14-18/h6-7,10-15,24H,1-5,8-9H2,(H,25,27). The van der Waals surface area contributed by atoms with Crippen LogP contribution in [0.5, 0.6) is 0 Å². The van der Waals surface area contributed by atoms with Crippen LogP contribution in [0.1, 0.15) is 53.6 Å². The number of ketones is 1. The molecule has 0 fully saturated rings. The highest BCUT2D eigenvalue weighted by molar-refractivity contribution is 6.48. The molecule has 0 saturated heterocycles. The normalized spacial score (nSPS) is 14.7. The van der Waals surface area contributed by atoms with E-state index in [9.17, 15) is 9.59 Å². The molecule has 2 aromatic carbocycles. The number of hydrogen-bond acceptors (Lipinski definition) is 2. The maximum absolute atomic E-state index is 12.6. The average molecular weight is 360 g/mol. The first-order valence-corrected chi connectivity index (χ1v) is 9.76. The molecule has 0 bridgehead atoms. The number of anilines is 1. The lowest BCUT2D eigenvalue weighted by Crippen LogP contribution is -2.22. The lowest BCUT2D eigenvalue weighted by Gasteiger charge is -2.11. The number of nitrogens with one attached hydrogen (secondary N) is 2. The van der Waals surface area contributed by atoms with Crippen molar-refractivity contribution in [3.63, 3.8) is 0 Å². The lowest BCUT2D eigenvalue weighted by atomic mass is 9.99. The van der Waals surface area contributed by atoms with Crippen LogP contribution in [0.2, 0.25) is 0 Å². The predicted octanol–water partition coefficient (Wildman–Crippen LogP) is 5.04. The molecule has 1 aliphatic carbocycles. The molecule has 4 nitrogen and oxygen atoms in total. The minimum Gasteiger partial charge on any atom is -0.360 e. The molecule has 0 aliphatic heterocycles. The van der Waals surface area contributed by atoms with E-state index in [4.69, 9.17) is 0 Å². The summed E-state index contributed by atoms with van der Waals surface area (Å²) in [7, 11) is 0. The van der Waals surface area contributed by atoms with Crippen LogP contribution in [0.15, 0.2) is 48.7 Å². The first-order valence-electron chi connectivity index (χ1n) is 9.76. The summed E-state index contributed by atoms with van der Waals surface area (Å²) >= 11 is 0. The van der Waals surface area contributed by atoms with Crippen molar-refractivity contribution in [3.05, 3.63) is 65.4 Å². The fourth-order valence-corrected chi connectivity index (χ4v) is 3.91. The Kier molecular flexibility index (Phi) is 5.05. The van der Waals surface area contributed by atoms with Gasteiger partial charge in [0.15, 0.2) is 0 Å². The highest BCUT2D eigenvalue weighted by Gasteiger charge is 2.20. The minimum absolute atomic E-state index is 0.408. The van der Waals surface area contributed by atoms with Crippen LogP contribution in [-0.4, -0.2) is 16.7 Å². The number of aryl methyl sites for hydroxylation is 2. The Labute approximate surface area is 159 Å². The molecule has 0 atom stereocenters. The smallest absolute Gasteiger partial charge is 0.296 e. The van der Waals surface area contributed by atoms with Gasteiger partial charge in [-0.15, -0.1) is 0 Å². The van der Waals surface area contributed by atoms with Gasteiger partial charge in [-0.2, -0.15) is 0 Å². The molecule has 0 saturated carbocycles. The van der Waals surface area contributed by atoms with Crippen LogP contribution in [-0.2, 0) is 17.6 Å². The van der Waals surface area contributed by atoms with Gasteiger partial charge in [0, 0.05) is 22.8 Å². The Bertz CT molecular complexity index is 987. The maximum Gasteiger partial charge on any atom is 0.296 e. The molecule has 4 heteroatoms. The zero-order chi connectivity index (χ0) is 18.6. The summed E-state index contributed by atoms with van der Waals surface area (Å²) in [5, 5.41) is 3.56. The van der Waals surface area contributed by atoms with E-state index in [2.05, 4.69) is 16.4 Å². The van der Waals surface area contributed by atoms with Crippen LogP contribution in [0.25, 0.3) is 10.9 Å². The van der Waals surface area contributed by atoms with E-state index in [1.165, 1.54) is 43.2 Å². The number of Topliss-reactive ketones (excluding diaryl/α,β-unsaturated/α-hetero) is 1. The van der Waals surface area contributed by atoms with Crippen LogP contribution >= 0.6 is 0 Å². The van der Waals surface area contributed by atoms with Gasteiger partial charge < -0.3 is 10.3 Å². The second kappa shape index (κ2) is 7.78. The van der Waals surface area contributed by atoms with E-state index in [0.29, 0.717) is 11.3 Å². The number of para-hydroxylation sites is 1. The summed E-state index contributed by atoms with van der Waals surface area (Å²) in [4.78, 5) is 28.2. The van der Waals surface area contributed by atoms with E-state index >= 15 is 0 Å². The Morgan fingerprint density at radius 2 is 1.59 bits per heavy atom. The maximum atomic E-state index is 12.6. The van der Waals surface area contributed by atoms with E-state index in [-0.39, 0.29) is 0 Å². The highest BCUT2D eigenvalue weighted by atomic mass is 16.2. The van der Waals surface area contributed by atoms with Crippen LogP contribution in [0.3, 0.4) is 0 Å². The van der Waals surface area contributed by atoms with Crippen molar-refractivity contribution in [3.8, 4) is 0 Å². The second-order valence-corrected chi connectivity index (χ2v) is 7.28. The summed E-state index contributed by atoms with van der Waals surface area (Å²) in [5.74, 6) is -1.11. The minimum atomic E-state index is -0.595. The third-order valence-electron chi connectivity index (χ3n) is 5.40. The topological polar surface area (TPSA) is 62.0 Å². The SMILES string of the molecule is O=C(Nc1ccc2c(c1)CCCCCCC2)C(=O)c1c[nH]c2ccccc12. The lowest BCUT2D eigenvalue weighted by molar-refractivity contribution is -0.112. The molecule has 0 radical (unpaired) electrons. The number of fused-ring (bicyclic) bond motifs is 2. The fraction of sp³-hybridized carbons (Fsp3) is 0.304. The molecule has 0 unspecified atom stereocenters.